The number of benzene rings is 1. The van der Waals surface area contributed by atoms with E-state index in [9.17, 15) is 52.7 Å². The lowest BCUT2D eigenvalue weighted by molar-refractivity contribution is -0.429. The standard InChI is InChI=1S/C12H6F12O/c13-6-4-2-1-3-5(6)7(25)8(14,15)9(16,17)10(18,19)11(20,21)12(22,23)24/h1-4,7,25H. The first kappa shape index (κ1) is 21.4. The van der Waals surface area contributed by atoms with Crippen molar-refractivity contribution in [1.29, 1.82) is 0 Å². The molecule has 0 bridgehead atoms. The van der Waals surface area contributed by atoms with E-state index in [2.05, 4.69) is 0 Å². The summed E-state index contributed by atoms with van der Waals surface area (Å²) in [5, 5.41) is 9.07. The highest BCUT2D eigenvalue weighted by molar-refractivity contribution is 5.24. The van der Waals surface area contributed by atoms with Crippen LogP contribution in [-0.2, 0) is 0 Å². The van der Waals surface area contributed by atoms with Gasteiger partial charge >= 0.3 is 29.9 Å². The second-order valence-electron chi connectivity index (χ2n) is 4.77. The maximum absolute atomic E-state index is 13.5. The van der Waals surface area contributed by atoms with Gasteiger partial charge in [0.1, 0.15) is 5.82 Å². The third-order valence-corrected chi connectivity index (χ3v) is 3.11. The van der Waals surface area contributed by atoms with Crippen LogP contribution in [0.25, 0.3) is 0 Å². The molecule has 0 heterocycles. The Bertz CT molecular complexity index is 621. The van der Waals surface area contributed by atoms with Crippen LogP contribution in [0.4, 0.5) is 52.7 Å². The van der Waals surface area contributed by atoms with Gasteiger partial charge in [0.05, 0.1) is 0 Å². The summed E-state index contributed by atoms with van der Waals surface area (Å²) >= 11 is 0. The Balaban J connectivity index is 3.46. The zero-order valence-corrected chi connectivity index (χ0v) is 11.4. The molecule has 0 aromatic heterocycles. The van der Waals surface area contributed by atoms with Crippen molar-refractivity contribution in [3.05, 3.63) is 35.6 Å². The molecule has 1 rings (SSSR count). The summed E-state index contributed by atoms with van der Waals surface area (Å²) in [5.74, 6) is -31.0. The van der Waals surface area contributed by atoms with Gasteiger partial charge in [0.25, 0.3) is 0 Å². The third kappa shape index (κ3) is 3.02. The number of aliphatic hydroxyl groups is 1. The van der Waals surface area contributed by atoms with E-state index in [0.717, 1.165) is 6.07 Å². The molecule has 13 heteroatoms. The summed E-state index contributed by atoms with van der Waals surface area (Å²) in [4.78, 5) is 0. The Morgan fingerprint density at radius 3 is 1.52 bits per heavy atom. The van der Waals surface area contributed by atoms with Gasteiger partial charge in [-0.2, -0.15) is 48.3 Å². The lowest BCUT2D eigenvalue weighted by Crippen LogP contribution is -2.67. The van der Waals surface area contributed by atoms with Crippen LogP contribution in [0.3, 0.4) is 0 Å². The quantitative estimate of drug-likeness (QED) is 0.700. The monoisotopic (exact) mass is 394 g/mol. The molecule has 0 saturated heterocycles. The molecule has 1 N–H and O–H groups in total. The fourth-order valence-electron chi connectivity index (χ4n) is 1.65. The lowest BCUT2D eigenvalue weighted by atomic mass is 9.91. The van der Waals surface area contributed by atoms with E-state index in [0.29, 0.717) is 12.1 Å². The van der Waals surface area contributed by atoms with Crippen molar-refractivity contribution in [3.63, 3.8) is 0 Å². The minimum Gasteiger partial charge on any atom is -0.382 e. The highest BCUT2D eigenvalue weighted by Crippen LogP contribution is 2.59. The summed E-state index contributed by atoms with van der Waals surface area (Å²) in [6.45, 7) is 0. The molecule has 1 atom stereocenters. The van der Waals surface area contributed by atoms with Crippen LogP contribution >= 0.6 is 0 Å². The van der Waals surface area contributed by atoms with Crippen molar-refractivity contribution in [1.82, 2.24) is 0 Å². The number of aliphatic hydroxyl groups excluding tert-OH is 1. The first-order chi connectivity index (χ1) is 10.9. The molecule has 0 radical (unpaired) electrons. The highest BCUT2D eigenvalue weighted by atomic mass is 19.4. The molecule has 0 saturated carbocycles. The van der Waals surface area contributed by atoms with Gasteiger partial charge in [0.2, 0.25) is 0 Å². The van der Waals surface area contributed by atoms with Gasteiger partial charge in [-0.1, -0.05) is 18.2 Å². The van der Waals surface area contributed by atoms with E-state index in [1.165, 1.54) is 0 Å². The van der Waals surface area contributed by atoms with Crippen LogP contribution in [-0.4, -0.2) is 35.0 Å². The molecule has 144 valence electrons. The smallest absolute Gasteiger partial charge is 0.382 e. The van der Waals surface area contributed by atoms with Crippen molar-refractivity contribution < 1.29 is 57.8 Å². The van der Waals surface area contributed by atoms with Crippen LogP contribution in [0.2, 0.25) is 0 Å². The van der Waals surface area contributed by atoms with Gasteiger partial charge in [-0.05, 0) is 6.07 Å². The summed E-state index contributed by atoms with van der Waals surface area (Å²) in [5.41, 5.74) is -1.71. The van der Waals surface area contributed by atoms with Gasteiger partial charge < -0.3 is 5.11 Å². The molecule has 1 unspecified atom stereocenters. The molecular weight excluding hydrogens is 388 g/mol. The minimum atomic E-state index is -7.66. The zero-order chi connectivity index (χ0) is 20.1. The van der Waals surface area contributed by atoms with Crippen molar-refractivity contribution in [3.8, 4) is 0 Å². The van der Waals surface area contributed by atoms with Crippen LogP contribution in [0, 0.1) is 5.82 Å². The normalized spacial score (nSPS) is 16.0. The number of rotatable bonds is 5. The maximum Gasteiger partial charge on any atom is 0.460 e. The fraction of sp³-hybridized carbons (Fsp3) is 0.500. The molecule has 1 aromatic carbocycles. The van der Waals surface area contributed by atoms with E-state index in [1.54, 1.807) is 0 Å². The number of alkyl halides is 11. The first-order valence-electron chi connectivity index (χ1n) is 5.93. The third-order valence-electron chi connectivity index (χ3n) is 3.11. The summed E-state index contributed by atoms with van der Waals surface area (Å²) in [7, 11) is 0. The van der Waals surface area contributed by atoms with Crippen LogP contribution in [0.5, 0.6) is 0 Å². The van der Waals surface area contributed by atoms with Crippen molar-refractivity contribution in [2.24, 2.45) is 0 Å². The highest BCUT2D eigenvalue weighted by Gasteiger charge is 2.88. The molecule has 0 aliphatic carbocycles. The molecule has 1 nitrogen and oxygen atoms in total. The van der Waals surface area contributed by atoms with Gasteiger partial charge in [0.15, 0.2) is 6.10 Å². The van der Waals surface area contributed by atoms with Crippen molar-refractivity contribution in [2.75, 3.05) is 0 Å². The van der Waals surface area contributed by atoms with E-state index >= 15 is 0 Å². The second-order valence-corrected chi connectivity index (χ2v) is 4.77. The fourth-order valence-corrected chi connectivity index (χ4v) is 1.65. The lowest BCUT2D eigenvalue weighted by Gasteiger charge is -2.38. The maximum atomic E-state index is 13.5. The molecule has 0 aliphatic rings. The van der Waals surface area contributed by atoms with Gasteiger partial charge in [-0.25, -0.2) is 4.39 Å². The minimum absolute atomic E-state index is 0.226. The van der Waals surface area contributed by atoms with Gasteiger partial charge in [-0.15, -0.1) is 0 Å². The molecule has 0 fully saturated rings. The van der Waals surface area contributed by atoms with Gasteiger partial charge in [0, 0.05) is 5.56 Å². The topological polar surface area (TPSA) is 20.2 Å². The number of halogens is 12. The van der Waals surface area contributed by atoms with Crippen LogP contribution in [0.1, 0.15) is 11.7 Å². The zero-order valence-electron chi connectivity index (χ0n) is 11.4. The Hall–Kier alpha value is -1.66. The number of hydrogen-bond acceptors (Lipinski definition) is 1. The van der Waals surface area contributed by atoms with Crippen molar-refractivity contribution >= 4 is 0 Å². The molecular formula is C12H6F12O. The SMILES string of the molecule is OC(c1ccccc1F)C(F)(F)C(F)(F)C(F)(F)C(F)(F)C(F)(F)F. The second kappa shape index (κ2) is 5.95. The summed E-state index contributed by atoms with van der Waals surface area (Å²) in [6.07, 6.45) is -11.4. The predicted octanol–water partition coefficient (Wildman–Crippen LogP) is 4.96. The van der Waals surface area contributed by atoms with Crippen LogP contribution < -0.4 is 0 Å². The van der Waals surface area contributed by atoms with E-state index in [-0.39, 0.29) is 6.07 Å². The Kier molecular flexibility index (Phi) is 5.09. The molecule has 0 spiro atoms. The van der Waals surface area contributed by atoms with Gasteiger partial charge in [-0.3, -0.25) is 0 Å². The van der Waals surface area contributed by atoms with E-state index in [4.69, 9.17) is 5.11 Å². The van der Waals surface area contributed by atoms with Crippen LogP contribution in [0.15, 0.2) is 24.3 Å². The Morgan fingerprint density at radius 2 is 1.12 bits per heavy atom. The molecule has 0 amide bonds. The molecule has 25 heavy (non-hydrogen) atoms. The molecule has 0 aliphatic heterocycles. The average molecular weight is 394 g/mol. The Labute approximate surface area is 130 Å². The van der Waals surface area contributed by atoms with E-state index < -0.39 is 47.4 Å². The van der Waals surface area contributed by atoms with E-state index in [1.807, 2.05) is 0 Å². The average Bonchev–Trinajstić information content (AvgIpc) is 2.45. The largest absolute Gasteiger partial charge is 0.460 e. The Morgan fingerprint density at radius 1 is 0.680 bits per heavy atom. The van der Waals surface area contributed by atoms with Crippen molar-refractivity contribution in [2.45, 2.75) is 36.0 Å². The number of hydrogen-bond donors (Lipinski definition) is 1. The summed E-state index contributed by atoms with van der Waals surface area (Å²) in [6, 6.07) is 2.06. The first-order valence-corrected chi connectivity index (χ1v) is 5.93. The summed E-state index contributed by atoms with van der Waals surface area (Å²) < 4.78 is 154. The predicted molar refractivity (Wildman–Crippen MR) is 57.2 cm³/mol. The molecule has 1 aromatic rings.